The lowest BCUT2D eigenvalue weighted by molar-refractivity contribution is -0.121. The Morgan fingerprint density at radius 1 is 0.966 bits per heavy atom. The molecule has 2 saturated heterocycles. The zero-order valence-electron chi connectivity index (χ0n) is 18.1. The third kappa shape index (κ3) is 6.10. The highest BCUT2D eigenvalue weighted by atomic mass is 16.6. The normalized spacial score (nSPS) is 19.2. The van der Waals surface area contributed by atoms with Gasteiger partial charge in [0.15, 0.2) is 0 Å². The molecule has 1 aromatic rings. The van der Waals surface area contributed by atoms with E-state index in [4.69, 9.17) is 4.74 Å². The quantitative estimate of drug-likeness (QED) is 0.842. The molecule has 160 valence electrons. The van der Waals surface area contributed by atoms with Gasteiger partial charge in [-0.2, -0.15) is 0 Å². The summed E-state index contributed by atoms with van der Waals surface area (Å²) >= 11 is 0. The van der Waals surface area contributed by atoms with Crippen LogP contribution in [-0.2, 0) is 9.53 Å². The Hall–Kier alpha value is -2.28. The lowest BCUT2D eigenvalue weighted by Gasteiger charge is -2.36. The summed E-state index contributed by atoms with van der Waals surface area (Å²) in [6.07, 6.45) is 1.59. The van der Waals surface area contributed by atoms with E-state index in [1.807, 2.05) is 45.0 Å². The SMILES string of the molecule is CN1CCC(C(=O)Nc2ccc(N3CCN(C(=O)OC(C)(C)C)CC3)cc2)CC1. The van der Waals surface area contributed by atoms with E-state index in [1.165, 1.54) is 0 Å². The number of likely N-dealkylation sites (tertiary alicyclic amines) is 1. The van der Waals surface area contributed by atoms with E-state index in [0.29, 0.717) is 13.1 Å². The molecule has 0 saturated carbocycles. The van der Waals surface area contributed by atoms with E-state index >= 15 is 0 Å². The number of piperidine rings is 1. The molecule has 0 radical (unpaired) electrons. The molecule has 2 aliphatic rings. The van der Waals surface area contributed by atoms with Crippen molar-refractivity contribution in [2.24, 2.45) is 5.92 Å². The molecular formula is C22H34N4O3. The zero-order valence-corrected chi connectivity index (χ0v) is 18.1. The highest BCUT2D eigenvalue weighted by Crippen LogP contribution is 2.22. The summed E-state index contributed by atoms with van der Waals surface area (Å²) in [4.78, 5) is 30.9. The van der Waals surface area contributed by atoms with Crippen molar-refractivity contribution >= 4 is 23.4 Å². The van der Waals surface area contributed by atoms with Crippen LogP contribution in [0, 0.1) is 5.92 Å². The summed E-state index contributed by atoms with van der Waals surface area (Å²) in [5, 5.41) is 3.05. The molecule has 0 aliphatic carbocycles. The van der Waals surface area contributed by atoms with Gasteiger partial charge in [0.2, 0.25) is 5.91 Å². The van der Waals surface area contributed by atoms with Gasteiger partial charge in [0.1, 0.15) is 5.60 Å². The van der Waals surface area contributed by atoms with Crippen molar-refractivity contribution in [3.05, 3.63) is 24.3 Å². The number of rotatable bonds is 3. The highest BCUT2D eigenvalue weighted by molar-refractivity contribution is 5.92. The molecule has 2 heterocycles. The predicted octanol–water partition coefficient (Wildman–Crippen LogP) is 3.02. The van der Waals surface area contributed by atoms with Crippen LogP contribution in [0.5, 0.6) is 0 Å². The summed E-state index contributed by atoms with van der Waals surface area (Å²) in [5.74, 6) is 0.226. The number of carbonyl (C=O) groups is 2. The Labute approximate surface area is 174 Å². The molecule has 0 spiro atoms. The molecule has 2 fully saturated rings. The molecule has 1 aromatic carbocycles. The third-order valence-corrected chi connectivity index (χ3v) is 5.52. The summed E-state index contributed by atoms with van der Waals surface area (Å²) in [6, 6.07) is 7.99. The molecule has 29 heavy (non-hydrogen) atoms. The summed E-state index contributed by atoms with van der Waals surface area (Å²) in [5.41, 5.74) is 1.47. The van der Waals surface area contributed by atoms with Crippen molar-refractivity contribution < 1.29 is 14.3 Å². The topological polar surface area (TPSA) is 65.1 Å². The van der Waals surface area contributed by atoms with Gasteiger partial charge in [-0.15, -0.1) is 0 Å². The van der Waals surface area contributed by atoms with Gasteiger partial charge in [0, 0.05) is 43.5 Å². The first-order valence-corrected chi connectivity index (χ1v) is 10.5. The Balaban J connectivity index is 1.48. The first-order valence-electron chi connectivity index (χ1n) is 10.5. The van der Waals surface area contributed by atoms with Crippen molar-refractivity contribution in [3.63, 3.8) is 0 Å². The number of hydrogen-bond donors (Lipinski definition) is 1. The zero-order chi connectivity index (χ0) is 21.0. The smallest absolute Gasteiger partial charge is 0.410 e. The largest absolute Gasteiger partial charge is 0.444 e. The van der Waals surface area contributed by atoms with Gasteiger partial charge in [-0.25, -0.2) is 4.79 Å². The number of benzene rings is 1. The third-order valence-electron chi connectivity index (χ3n) is 5.52. The minimum Gasteiger partial charge on any atom is -0.444 e. The highest BCUT2D eigenvalue weighted by Gasteiger charge is 2.26. The molecule has 1 N–H and O–H groups in total. The second-order valence-corrected chi connectivity index (χ2v) is 9.07. The molecular weight excluding hydrogens is 368 g/mol. The minimum atomic E-state index is -0.470. The van der Waals surface area contributed by atoms with E-state index in [-0.39, 0.29) is 17.9 Å². The monoisotopic (exact) mass is 402 g/mol. The Morgan fingerprint density at radius 2 is 1.55 bits per heavy atom. The van der Waals surface area contributed by atoms with E-state index < -0.39 is 5.60 Å². The lowest BCUT2D eigenvalue weighted by atomic mass is 9.96. The standard InChI is InChI=1S/C22H34N4O3/c1-22(2,3)29-21(28)26-15-13-25(14-16-26)19-7-5-18(6-8-19)23-20(27)17-9-11-24(4)12-10-17/h5-8,17H,9-16H2,1-4H3,(H,23,27). The van der Waals surface area contributed by atoms with Crippen LogP contribution in [0.2, 0.25) is 0 Å². The average Bonchev–Trinajstić information content (AvgIpc) is 2.68. The number of piperazine rings is 1. The molecule has 3 rings (SSSR count). The summed E-state index contributed by atoms with van der Waals surface area (Å²) in [6.45, 7) is 10.4. The number of hydrogen-bond acceptors (Lipinski definition) is 5. The second kappa shape index (κ2) is 9.03. The van der Waals surface area contributed by atoms with Crippen LogP contribution < -0.4 is 10.2 Å². The van der Waals surface area contributed by atoms with Gasteiger partial charge < -0.3 is 24.8 Å². The van der Waals surface area contributed by atoms with Crippen molar-refractivity contribution in [3.8, 4) is 0 Å². The molecule has 7 nitrogen and oxygen atoms in total. The number of nitrogens with one attached hydrogen (secondary N) is 1. The molecule has 7 heteroatoms. The second-order valence-electron chi connectivity index (χ2n) is 9.07. The summed E-state index contributed by atoms with van der Waals surface area (Å²) in [7, 11) is 2.10. The van der Waals surface area contributed by atoms with Crippen molar-refractivity contribution in [2.75, 3.05) is 56.5 Å². The molecule has 2 amide bonds. The molecule has 0 bridgehead atoms. The van der Waals surface area contributed by atoms with Gasteiger partial charge in [-0.1, -0.05) is 0 Å². The number of ether oxygens (including phenoxy) is 1. The number of nitrogens with zero attached hydrogens (tertiary/aromatic N) is 3. The predicted molar refractivity (Wildman–Crippen MR) is 115 cm³/mol. The lowest BCUT2D eigenvalue weighted by Crippen LogP contribution is -2.50. The van der Waals surface area contributed by atoms with E-state index in [1.54, 1.807) is 4.90 Å². The molecule has 0 atom stereocenters. The van der Waals surface area contributed by atoms with Crippen LogP contribution in [0.3, 0.4) is 0 Å². The molecule has 0 aromatic heterocycles. The van der Waals surface area contributed by atoms with Crippen molar-refractivity contribution in [1.82, 2.24) is 9.80 Å². The van der Waals surface area contributed by atoms with Gasteiger partial charge >= 0.3 is 6.09 Å². The van der Waals surface area contributed by atoms with E-state index in [9.17, 15) is 9.59 Å². The maximum absolute atomic E-state index is 12.5. The average molecular weight is 403 g/mol. The maximum atomic E-state index is 12.5. The Bertz CT molecular complexity index is 698. The van der Waals surface area contributed by atoms with Crippen LogP contribution in [0.4, 0.5) is 16.2 Å². The fourth-order valence-electron chi connectivity index (χ4n) is 3.74. The first-order chi connectivity index (χ1) is 13.7. The minimum absolute atomic E-state index is 0.104. The van der Waals surface area contributed by atoms with Crippen molar-refractivity contribution in [2.45, 2.75) is 39.2 Å². The van der Waals surface area contributed by atoms with Gasteiger partial charge in [-0.3, -0.25) is 4.79 Å². The fraction of sp³-hybridized carbons (Fsp3) is 0.636. The number of anilines is 2. The van der Waals surface area contributed by atoms with Crippen LogP contribution >= 0.6 is 0 Å². The number of amides is 2. The Morgan fingerprint density at radius 3 is 2.10 bits per heavy atom. The van der Waals surface area contributed by atoms with Gasteiger partial charge in [0.05, 0.1) is 0 Å². The van der Waals surface area contributed by atoms with Gasteiger partial charge in [-0.05, 0) is 78.0 Å². The van der Waals surface area contributed by atoms with Crippen LogP contribution in [-0.4, -0.2) is 73.7 Å². The fourth-order valence-corrected chi connectivity index (χ4v) is 3.74. The Kier molecular flexibility index (Phi) is 6.67. The number of carbonyl (C=O) groups excluding carboxylic acids is 2. The summed E-state index contributed by atoms with van der Waals surface area (Å²) < 4.78 is 5.45. The van der Waals surface area contributed by atoms with Crippen LogP contribution in [0.1, 0.15) is 33.6 Å². The maximum Gasteiger partial charge on any atom is 0.410 e. The van der Waals surface area contributed by atoms with Crippen LogP contribution in [0.25, 0.3) is 0 Å². The van der Waals surface area contributed by atoms with E-state index in [2.05, 4.69) is 22.2 Å². The van der Waals surface area contributed by atoms with Crippen LogP contribution in [0.15, 0.2) is 24.3 Å². The van der Waals surface area contributed by atoms with Crippen molar-refractivity contribution in [1.29, 1.82) is 0 Å². The molecule has 0 unspecified atom stereocenters. The molecule has 2 aliphatic heterocycles. The first kappa shape index (κ1) is 21.4. The van der Waals surface area contributed by atoms with Gasteiger partial charge in [0.25, 0.3) is 0 Å². The van der Waals surface area contributed by atoms with E-state index in [0.717, 1.165) is 50.4 Å².